The molecule has 32 heavy (non-hydrogen) atoms. The highest BCUT2D eigenvalue weighted by atomic mass is 16.5. The molecule has 0 aliphatic heterocycles. The van der Waals surface area contributed by atoms with Crippen LogP contribution in [-0.2, 0) is 6.54 Å². The first-order chi connectivity index (χ1) is 15.6. The number of carbonyl (C=O) groups excluding carboxylic acids is 1. The predicted molar refractivity (Wildman–Crippen MR) is 125 cm³/mol. The number of benzene rings is 2. The van der Waals surface area contributed by atoms with Crippen LogP contribution >= 0.6 is 0 Å². The standard InChI is InChI=1S/C26H29N3O3/c1-4-18(2)20-11-13-21(14-12-20)31-17-15-29-23-9-6-5-8-22(23)28-25(29)19(3)27-26(30)24-10-7-16-32-24/h5-14,16,18-19H,4,15,17H2,1-3H3,(H,27,30). The first-order valence-corrected chi connectivity index (χ1v) is 11.1. The maximum atomic E-state index is 12.4. The first-order valence-electron chi connectivity index (χ1n) is 11.1. The largest absolute Gasteiger partial charge is 0.492 e. The molecule has 2 unspecified atom stereocenters. The minimum Gasteiger partial charge on any atom is -0.492 e. The van der Waals surface area contributed by atoms with Gasteiger partial charge in [-0.25, -0.2) is 4.98 Å². The Balaban J connectivity index is 1.48. The van der Waals surface area contributed by atoms with E-state index >= 15 is 0 Å². The van der Waals surface area contributed by atoms with Crippen LogP contribution in [0.15, 0.2) is 71.3 Å². The summed E-state index contributed by atoms with van der Waals surface area (Å²) in [7, 11) is 0. The molecule has 2 heterocycles. The van der Waals surface area contributed by atoms with Crippen LogP contribution in [0.1, 0.15) is 61.1 Å². The fourth-order valence-electron chi connectivity index (χ4n) is 3.78. The highest BCUT2D eigenvalue weighted by Gasteiger charge is 2.20. The smallest absolute Gasteiger partial charge is 0.287 e. The zero-order valence-corrected chi connectivity index (χ0v) is 18.7. The number of ether oxygens (including phenoxy) is 1. The number of fused-ring (bicyclic) bond motifs is 1. The van der Waals surface area contributed by atoms with Crippen LogP contribution in [-0.4, -0.2) is 22.1 Å². The molecule has 2 aromatic carbocycles. The maximum Gasteiger partial charge on any atom is 0.287 e. The Morgan fingerprint density at radius 1 is 1.09 bits per heavy atom. The van der Waals surface area contributed by atoms with E-state index in [9.17, 15) is 4.79 Å². The van der Waals surface area contributed by atoms with Crippen LogP contribution in [0, 0.1) is 0 Å². The molecule has 1 N–H and O–H groups in total. The Kier molecular flexibility index (Phi) is 6.59. The first kappa shape index (κ1) is 21.7. The van der Waals surface area contributed by atoms with Gasteiger partial charge in [-0.05, 0) is 61.2 Å². The Hall–Kier alpha value is -3.54. The van der Waals surface area contributed by atoms with Gasteiger partial charge in [-0.3, -0.25) is 4.79 Å². The molecule has 0 saturated carbocycles. The third kappa shape index (κ3) is 4.69. The van der Waals surface area contributed by atoms with Gasteiger partial charge in [0.1, 0.15) is 18.2 Å². The molecule has 0 aliphatic rings. The molecule has 0 radical (unpaired) electrons. The van der Waals surface area contributed by atoms with Crippen LogP contribution in [0.3, 0.4) is 0 Å². The van der Waals surface area contributed by atoms with Crippen molar-refractivity contribution in [1.82, 2.24) is 14.9 Å². The fraction of sp³-hybridized carbons (Fsp3) is 0.308. The summed E-state index contributed by atoms with van der Waals surface area (Å²) >= 11 is 0. The lowest BCUT2D eigenvalue weighted by Gasteiger charge is -2.16. The highest BCUT2D eigenvalue weighted by Crippen LogP contribution is 2.23. The molecule has 2 aromatic heterocycles. The second-order valence-electron chi connectivity index (χ2n) is 8.01. The van der Waals surface area contributed by atoms with E-state index in [1.807, 2.05) is 43.3 Å². The minimum absolute atomic E-state index is 0.265. The van der Waals surface area contributed by atoms with E-state index in [0.29, 0.717) is 19.1 Å². The summed E-state index contributed by atoms with van der Waals surface area (Å²) in [6, 6.07) is 19.3. The van der Waals surface area contributed by atoms with E-state index in [-0.39, 0.29) is 17.7 Å². The molecule has 6 nitrogen and oxygen atoms in total. The molecular formula is C26H29N3O3. The second kappa shape index (κ2) is 9.73. The topological polar surface area (TPSA) is 69.3 Å². The number of nitrogens with zero attached hydrogens (tertiary/aromatic N) is 2. The summed E-state index contributed by atoms with van der Waals surface area (Å²) < 4.78 is 13.3. The van der Waals surface area contributed by atoms with Crippen molar-refractivity contribution in [2.45, 2.75) is 45.7 Å². The number of nitrogens with one attached hydrogen (secondary N) is 1. The third-order valence-electron chi connectivity index (χ3n) is 5.81. The average molecular weight is 432 g/mol. The summed E-state index contributed by atoms with van der Waals surface area (Å²) in [6.45, 7) is 7.46. The number of amides is 1. The molecule has 0 aliphatic carbocycles. The average Bonchev–Trinajstić information content (AvgIpc) is 3.48. The van der Waals surface area contributed by atoms with Crippen molar-refractivity contribution in [1.29, 1.82) is 0 Å². The number of imidazole rings is 1. The molecule has 4 rings (SSSR count). The fourth-order valence-corrected chi connectivity index (χ4v) is 3.78. The van der Waals surface area contributed by atoms with Crippen molar-refractivity contribution < 1.29 is 13.9 Å². The Morgan fingerprint density at radius 2 is 1.88 bits per heavy atom. The Morgan fingerprint density at radius 3 is 2.59 bits per heavy atom. The maximum absolute atomic E-state index is 12.4. The van der Waals surface area contributed by atoms with E-state index in [0.717, 1.165) is 29.0 Å². The number of hydrogen-bond acceptors (Lipinski definition) is 4. The zero-order chi connectivity index (χ0) is 22.5. The van der Waals surface area contributed by atoms with Gasteiger partial charge in [-0.2, -0.15) is 0 Å². The number of carbonyl (C=O) groups is 1. The molecule has 0 fully saturated rings. The molecule has 0 spiro atoms. The summed E-state index contributed by atoms with van der Waals surface area (Å²) in [5.74, 6) is 2.19. The van der Waals surface area contributed by atoms with Crippen LogP contribution in [0.2, 0.25) is 0 Å². The SMILES string of the molecule is CCC(C)c1ccc(OCCn2c(C(C)NC(=O)c3ccco3)nc3ccccc32)cc1. The molecule has 166 valence electrons. The van der Waals surface area contributed by atoms with Gasteiger partial charge < -0.3 is 19.0 Å². The van der Waals surface area contributed by atoms with E-state index in [4.69, 9.17) is 14.1 Å². The van der Waals surface area contributed by atoms with Gasteiger partial charge in [0.15, 0.2) is 5.76 Å². The highest BCUT2D eigenvalue weighted by molar-refractivity contribution is 5.91. The van der Waals surface area contributed by atoms with Crippen LogP contribution in [0.5, 0.6) is 5.75 Å². The second-order valence-corrected chi connectivity index (χ2v) is 8.01. The van der Waals surface area contributed by atoms with Gasteiger partial charge in [0.25, 0.3) is 5.91 Å². The summed E-state index contributed by atoms with van der Waals surface area (Å²) in [6.07, 6.45) is 2.60. The van der Waals surface area contributed by atoms with Crippen molar-refractivity contribution in [3.63, 3.8) is 0 Å². The van der Waals surface area contributed by atoms with E-state index in [1.165, 1.54) is 11.8 Å². The van der Waals surface area contributed by atoms with Gasteiger partial charge in [-0.1, -0.05) is 38.1 Å². The van der Waals surface area contributed by atoms with Crippen molar-refractivity contribution in [3.05, 3.63) is 84.1 Å². The number of furan rings is 1. The molecule has 0 bridgehead atoms. The van der Waals surface area contributed by atoms with Gasteiger partial charge in [0, 0.05) is 0 Å². The Labute approximate surface area is 188 Å². The van der Waals surface area contributed by atoms with E-state index < -0.39 is 0 Å². The Bertz CT molecular complexity index is 1160. The lowest BCUT2D eigenvalue weighted by atomic mass is 9.99. The molecule has 2 atom stereocenters. The predicted octanol–water partition coefficient (Wildman–Crippen LogP) is 5.71. The third-order valence-corrected chi connectivity index (χ3v) is 5.81. The van der Waals surface area contributed by atoms with Crippen LogP contribution in [0.25, 0.3) is 11.0 Å². The van der Waals surface area contributed by atoms with Crippen molar-refractivity contribution in [3.8, 4) is 5.75 Å². The van der Waals surface area contributed by atoms with E-state index in [2.05, 4.69) is 35.9 Å². The van der Waals surface area contributed by atoms with Crippen molar-refractivity contribution in [2.24, 2.45) is 0 Å². The zero-order valence-electron chi connectivity index (χ0n) is 18.7. The lowest BCUT2D eigenvalue weighted by molar-refractivity contribution is 0.0909. The monoisotopic (exact) mass is 431 g/mol. The van der Waals surface area contributed by atoms with Gasteiger partial charge >= 0.3 is 0 Å². The molecule has 6 heteroatoms. The number of para-hydroxylation sites is 2. The lowest BCUT2D eigenvalue weighted by Crippen LogP contribution is -2.28. The van der Waals surface area contributed by atoms with E-state index in [1.54, 1.807) is 12.1 Å². The summed E-state index contributed by atoms with van der Waals surface area (Å²) in [4.78, 5) is 17.2. The minimum atomic E-state index is -0.296. The number of aromatic nitrogens is 2. The molecular weight excluding hydrogens is 402 g/mol. The quantitative estimate of drug-likeness (QED) is 0.368. The molecule has 1 amide bonds. The molecule has 0 saturated heterocycles. The molecule has 4 aromatic rings. The van der Waals surface area contributed by atoms with Crippen molar-refractivity contribution in [2.75, 3.05) is 6.61 Å². The van der Waals surface area contributed by atoms with Crippen LogP contribution < -0.4 is 10.1 Å². The van der Waals surface area contributed by atoms with Gasteiger partial charge in [0.2, 0.25) is 0 Å². The van der Waals surface area contributed by atoms with Crippen molar-refractivity contribution >= 4 is 16.9 Å². The van der Waals surface area contributed by atoms with Gasteiger partial charge in [0.05, 0.1) is 29.9 Å². The van der Waals surface area contributed by atoms with Gasteiger partial charge in [-0.15, -0.1) is 0 Å². The number of hydrogen-bond donors (Lipinski definition) is 1. The number of rotatable bonds is 9. The van der Waals surface area contributed by atoms with Crippen LogP contribution in [0.4, 0.5) is 0 Å². The summed E-state index contributed by atoms with van der Waals surface area (Å²) in [5.41, 5.74) is 3.22. The summed E-state index contributed by atoms with van der Waals surface area (Å²) in [5, 5.41) is 2.97. The normalized spacial score (nSPS) is 13.1.